The molecule has 1 aromatic carbocycles. The molecule has 0 atom stereocenters. The van der Waals surface area contributed by atoms with E-state index < -0.39 is 46.9 Å². The molecule has 2 aromatic heterocycles. The molecule has 3 saturated carbocycles. The molecule has 1 spiro atoms. The Labute approximate surface area is 195 Å². The van der Waals surface area contributed by atoms with Crippen molar-refractivity contribution in [2.45, 2.75) is 56.3 Å². The second-order valence-corrected chi connectivity index (χ2v) is 9.58. The van der Waals surface area contributed by atoms with E-state index in [1.54, 1.807) is 0 Å². The zero-order chi connectivity index (χ0) is 24.6. The van der Waals surface area contributed by atoms with Crippen molar-refractivity contribution in [1.29, 1.82) is 0 Å². The summed E-state index contributed by atoms with van der Waals surface area (Å²) in [6, 6.07) is 4.47. The highest BCUT2D eigenvalue weighted by atomic mass is 19.3. The van der Waals surface area contributed by atoms with Crippen molar-refractivity contribution in [1.82, 2.24) is 19.7 Å². The van der Waals surface area contributed by atoms with E-state index in [-0.39, 0.29) is 41.9 Å². The fraction of sp³-hybridized carbons (Fsp3) is 0.435. The van der Waals surface area contributed by atoms with Gasteiger partial charge in [-0.3, -0.25) is 14.9 Å². The van der Waals surface area contributed by atoms with Gasteiger partial charge in [-0.25, -0.2) is 32.2 Å². The third-order valence-electron chi connectivity index (χ3n) is 7.02. The topological polar surface area (TPSA) is 99.0 Å². The van der Waals surface area contributed by atoms with Crippen LogP contribution < -0.4 is 15.6 Å². The number of halogens is 4. The van der Waals surface area contributed by atoms with E-state index in [0.29, 0.717) is 18.4 Å². The van der Waals surface area contributed by atoms with Crippen LogP contribution in [0.4, 0.5) is 23.5 Å². The van der Waals surface area contributed by atoms with Crippen LogP contribution in [0.2, 0.25) is 0 Å². The minimum absolute atomic E-state index is 0.0275. The van der Waals surface area contributed by atoms with Gasteiger partial charge in [0.05, 0.1) is 23.2 Å². The van der Waals surface area contributed by atoms with Gasteiger partial charge in [-0.1, -0.05) is 6.07 Å². The number of amides is 1. The molecule has 8 nitrogen and oxygen atoms in total. The van der Waals surface area contributed by atoms with Crippen molar-refractivity contribution in [3.63, 3.8) is 0 Å². The van der Waals surface area contributed by atoms with Crippen molar-refractivity contribution in [3.8, 4) is 5.88 Å². The van der Waals surface area contributed by atoms with Gasteiger partial charge in [0.15, 0.2) is 5.82 Å². The second kappa shape index (κ2) is 7.22. The predicted molar refractivity (Wildman–Crippen MR) is 114 cm³/mol. The van der Waals surface area contributed by atoms with Crippen molar-refractivity contribution in [2.75, 3.05) is 5.32 Å². The number of hydrogen-bond donors (Lipinski definition) is 1. The summed E-state index contributed by atoms with van der Waals surface area (Å²) in [5.41, 5.74) is -2.72. The first-order valence-electron chi connectivity index (χ1n) is 11.1. The third kappa shape index (κ3) is 3.71. The SMILES string of the molecule is O=C(Cn1nc(O[C@H]2C[C@]3(CC3(F)F)C2)c2cc(C3(F)CC3)ccc2c1=O)Nc1ncc(F)cn1. The molecule has 3 aromatic rings. The minimum atomic E-state index is -2.69. The summed E-state index contributed by atoms with van der Waals surface area (Å²) in [7, 11) is 0. The number of alkyl halides is 3. The Morgan fingerprint density at radius 2 is 1.83 bits per heavy atom. The minimum Gasteiger partial charge on any atom is -0.473 e. The molecular formula is C23H19F4N5O3. The van der Waals surface area contributed by atoms with Gasteiger partial charge in [0.25, 0.3) is 11.5 Å². The Balaban J connectivity index is 1.31. The summed E-state index contributed by atoms with van der Waals surface area (Å²) in [4.78, 5) is 32.8. The van der Waals surface area contributed by atoms with Crippen molar-refractivity contribution >= 4 is 22.6 Å². The average Bonchev–Trinajstić information content (AvgIpc) is 3.67. The van der Waals surface area contributed by atoms with E-state index in [1.807, 2.05) is 0 Å². The number of fused-ring (bicyclic) bond motifs is 1. The van der Waals surface area contributed by atoms with Crippen LogP contribution >= 0.6 is 0 Å². The number of aromatic nitrogens is 4. The molecule has 1 amide bonds. The van der Waals surface area contributed by atoms with Crippen molar-refractivity contribution in [3.05, 3.63) is 52.3 Å². The summed E-state index contributed by atoms with van der Waals surface area (Å²) < 4.78 is 61.7. The number of hydrogen-bond acceptors (Lipinski definition) is 6. The van der Waals surface area contributed by atoms with Gasteiger partial charge in [-0.15, -0.1) is 5.10 Å². The quantitative estimate of drug-likeness (QED) is 0.533. The summed E-state index contributed by atoms with van der Waals surface area (Å²) in [5, 5.41) is 6.93. The van der Waals surface area contributed by atoms with Crippen molar-refractivity contribution < 1.29 is 27.1 Å². The van der Waals surface area contributed by atoms with E-state index in [1.165, 1.54) is 18.2 Å². The predicted octanol–water partition coefficient (Wildman–Crippen LogP) is 3.49. The number of benzene rings is 1. The highest BCUT2D eigenvalue weighted by Gasteiger charge is 2.76. The number of carbonyl (C=O) groups is 1. The molecule has 1 N–H and O–H groups in total. The van der Waals surface area contributed by atoms with Gasteiger partial charge in [0, 0.05) is 11.8 Å². The van der Waals surface area contributed by atoms with Gasteiger partial charge in [-0.2, -0.15) is 0 Å². The summed E-state index contributed by atoms with van der Waals surface area (Å²) in [6.07, 6.45) is 2.08. The largest absolute Gasteiger partial charge is 0.473 e. The number of ether oxygens (including phenoxy) is 1. The molecular weight excluding hydrogens is 470 g/mol. The standard InChI is InChI=1S/C23H19F4N5O3/c24-13-8-28-20(29-9-13)30-17(33)10-32-19(34)15-2-1-12(22(25)3-4-22)5-16(15)18(31-32)35-14-6-21(7-14)11-23(21,26)27/h1-2,5,8-9,14H,3-4,6-7,10-11H2,(H,28,29,30,33)/t14-,21+. The number of anilines is 1. The maximum atomic E-state index is 14.7. The number of nitrogens with one attached hydrogen (secondary N) is 1. The highest BCUT2D eigenvalue weighted by Crippen LogP contribution is 2.71. The molecule has 35 heavy (non-hydrogen) atoms. The van der Waals surface area contributed by atoms with E-state index in [4.69, 9.17) is 4.74 Å². The number of rotatable bonds is 6. The fourth-order valence-electron chi connectivity index (χ4n) is 4.68. The maximum absolute atomic E-state index is 14.7. The van der Waals surface area contributed by atoms with E-state index in [0.717, 1.165) is 17.1 Å². The lowest BCUT2D eigenvalue weighted by atomic mass is 9.78. The summed E-state index contributed by atoms with van der Waals surface area (Å²) in [6.45, 7) is -0.534. The summed E-state index contributed by atoms with van der Waals surface area (Å²) >= 11 is 0. The second-order valence-electron chi connectivity index (χ2n) is 9.58. The highest BCUT2D eigenvalue weighted by molar-refractivity contribution is 5.90. The van der Waals surface area contributed by atoms with Gasteiger partial charge in [-0.05, 0) is 43.4 Å². The average molecular weight is 489 g/mol. The van der Waals surface area contributed by atoms with E-state index >= 15 is 0 Å². The Morgan fingerprint density at radius 1 is 1.14 bits per heavy atom. The third-order valence-corrected chi connectivity index (χ3v) is 7.02. The van der Waals surface area contributed by atoms with Crippen LogP contribution in [-0.4, -0.2) is 37.7 Å². The van der Waals surface area contributed by atoms with Gasteiger partial charge in [0.1, 0.15) is 18.3 Å². The molecule has 0 radical (unpaired) electrons. The molecule has 3 aliphatic carbocycles. The normalized spacial score (nSPS) is 25.2. The molecule has 0 saturated heterocycles. The van der Waals surface area contributed by atoms with Crippen LogP contribution in [0.3, 0.4) is 0 Å². The molecule has 3 fully saturated rings. The van der Waals surface area contributed by atoms with Crippen LogP contribution in [0, 0.1) is 11.2 Å². The van der Waals surface area contributed by atoms with E-state index in [2.05, 4.69) is 20.4 Å². The molecule has 6 rings (SSSR count). The van der Waals surface area contributed by atoms with Crippen LogP contribution in [-0.2, 0) is 17.0 Å². The lowest BCUT2D eigenvalue weighted by Gasteiger charge is -2.35. The fourth-order valence-corrected chi connectivity index (χ4v) is 4.68. The van der Waals surface area contributed by atoms with Gasteiger partial charge in [0.2, 0.25) is 17.7 Å². The van der Waals surface area contributed by atoms with Gasteiger partial charge < -0.3 is 4.74 Å². The van der Waals surface area contributed by atoms with Crippen LogP contribution in [0.25, 0.3) is 10.8 Å². The molecule has 3 aliphatic rings. The lowest BCUT2D eigenvalue weighted by molar-refractivity contribution is -0.117. The first-order chi connectivity index (χ1) is 16.6. The lowest BCUT2D eigenvalue weighted by Crippen LogP contribution is -2.39. The first kappa shape index (κ1) is 21.9. The van der Waals surface area contributed by atoms with E-state index in [9.17, 15) is 27.2 Å². The Bertz CT molecular complexity index is 1420. The molecule has 0 unspecified atom stereocenters. The zero-order valence-corrected chi connectivity index (χ0v) is 18.2. The first-order valence-corrected chi connectivity index (χ1v) is 11.1. The van der Waals surface area contributed by atoms with Crippen LogP contribution in [0.5, 0.6) is 5.88 Å². The monoisotopic (exact) mass is 489 g/mol. The van der Waals surface area contributed by atoms with Crippen LogP contribution in [0.15, 0.2) is 35.4 Å². The van der Waals surface area contributed by atoms with Gasteiger partial charge >= 0.3 is 0 Å². The molecule has 2 heterocycles. The maximum Gasteiger partial charge on any atom is 0.275 e. The van der Waals surface area contributed by atoms with Crippen molar-refractivity contribution in [2.24, 2.45) is 5.41 Å². The Kier molecular flexibility index (Phi) is 4.52. The van der Waals surface area contributed by atoms with Crippen LogP contribution in [0.1, 0.15) is 37.7 Å². The zero-order valence-electron chi connectivity index (χ0n) is 18.2. The summed E-state index contributed by atoms with van der Waals surface area (Å²) in [5.74, 6) is -4.26. The Hall–Kier alpha value is -3.57. The Morgan fingerprint density at radius 3 is 2.46 bits per heavy atom. The number of carbonyl (C=O) groups excluding carboxylic acids is 1. The molecule has 0 bridgehead atoms. The molecule has 0 aliphatic heterocycles. The smallest absolute Gasteiger partial charge is 0.275 e. The molecule has 182 valence electrons. The molecule has 12 heteroatoms. The number of nitrogens with zero attached hydrogens (tertiary/aromatic N) is 4.